The van der Waals surface area contributed by atoms with Gasteiger partial charge in [0, 0.05) is 6.04 Å². The third kappa shape index (κ3) is 3.93. The fraction of sp³-hybridized carbons (Fsp3) is 0.533. The van der Waals surface area contributed by atoms with E-state index in [9.17, 15) is 9.18 Å². The Hall–Kier alpha value is -1.13. The van der Waals surface area contributed by atoms with Crippen molar-refractivity contribution in [2.75, 3.05) is 13.1 Å². The molecule has 0 aliphatic carbocycles. The van der Waals surface area contributed by atoms with Crippen molar-refractivity contribution in [3.63, 3.8) is 0 Å². The number of halogens is 2. The van der Waals surface area contributed by atoms with E-state index in [-0.39, 0.29) is 30.2 Å². The summed E-state index contributed by atoms with van der Waals surface area (Å²) in [5.41, 5.74) is 0.193. The monoisotopic (exact) mass is 300 g/mol. The van der Waals surface area contributed by atoms with Gasteiger partial charge in [-0.3, -0.25) is 4.79 Å². The summed E-state index contributed by atoms with van der Waals surface area (Å²) in [6, 6.07) is 6.40. The molecule has 1 amide bonds. The van der Waals surface area contributed by atoms with E-state index in [0.717, 1.165) is 31.5 Å². The van der Waals surface area contributed by atoms with Gasteiger partial charge in [-0.25, -0.2) is 4.39 Å². The summed E-state index contributed by atoms with van der Waals surface area (Å²) in [6.07, 6.45) is 1.93. The third-order valence-electron chi connectivity index (χ3n) is 3.81. The molecule has 2 N–H and O–H groups in total. The van der Waals surface area contributed by atoms with Crippen LogP contribution in [-0.2, 0) is 10.2 Å². The number of hydrogen-bond donors (Lipinski definition) is 2. The highest BCUT2D eigenvalue weighted by Gasteiger charge is 2.31. The standard InChI is InChI=1S/C15H21FN2O.ClH/c1-15(2,11-3-5-12(16)6-4-11)14(19)18-13-7-9-17-10-8-13;/h3-6,13,17H,7-10H2,1-2H3,(H,18,19);1H. The van der Waals surface area contributed by atoms with Crippen molar-refractivity contribution in [2.24, 2.45) is 0 Å². The van der Waals surface area contributed by atoms with Crippen molar-refractivity contribution in [1.82, 2.24) is 10.6 Å². The molecule has 0 radical (unpaired) electrons. The fourth-order valence-electron chi connectivity index (χ4n) is 2.33. The Bertz CT molecular complexity index is 442. The van der Waals surface area contributed by atoms with Crippen molar-refractivity contribution in [1.29, 1.82) is 0 Å². The van der Waals surface area contributed by atoms with E-state index in [0.29, 0.717) is 0 Å². The van der Waals surface area contributed by atoms with Crippen molar-refractivity contribution in [3.05, 3.63) is 35.6 Å². The molecule has 1 fully saturated rings. The maximum absolute atomic E-state index is 12.9. The number of nitrogens with one attached hydrogen (secondary N) is 2. The zero-order valence-corrected chi connectivity index (χ0v) is 12.7. The van der Waals surface area contributed by atoms with Gasteiger partial charge in [0.2, 0.25) is 5.91 Å². The third-order valence-corrected chi connectivity index (χ3v) is 3.81. The zero-order chi connectivity index (χ0) is 13.9. The molecule has 0 aromatic heterocycles. The van der Waals surface area contributed by atoms with Crippen LogP contribution in [0.25, 0.3) is 0 Å². The molecule has 1 saturated heterocycles. The number of amides is 1. The van der Waals surface area contributed by atoms with Gasteiger partial charge < -0.3 is 10.6 Å². The number of rotatable bonds is 3. The fourth-order valence-corrected chi connectivity index (χ4v) is 2.33. The predicted octanol–water partition coefficient (Wildman–Crippen LogP) is 2.39. The molecule has 0 saturated carbocycles. The van der Waals surface area contributed by atoms with Gasteiger partial charge in [0.1, 0.15) is 5.82 Å². The summed E-state index contributed by atoms with van der Waals surface area (Å²) < 4.78 is 12.9. The first-order valence-corrected chi connectivity index (χ1v) is 6.78. The lowest BCUT2D eigenvalue weighted by atomic mass is 9.83. The first kappa shape index (κ1) is 16.9. The van der Waals surface area contributed by atoms with Crippen LogP contribution >= 0.6 is 12.4 Å². The van der Waals surface area contributed by atoms with Crippen LogP contribution in [0.3, 0.4) is 0 Å². The van der Waals surface area contributed by atoms with Crippen LogP contribution < -0.4 is 10.6 Å². The molecule has 0 atom stereocenters. The average molecular weight is 301 g/mol. The minimum Gasteiger partial charge on any atom is -0.353 e. The summed E-state index contributed by atoms with van der Waals surface area (Å²) in [5, 5.41) is 6.37. The topological polar surface area (TPSA) is 41.1 Å². The smallest absolute Gasteiger partial charge is 0.230 e. The second-order valence-electron chi connectivity index (χ2n) is 5.63. The first-order chi connectivity index (χ1) is 9.00. The van der Waals surface area contributed by atoms with Gasteiger partial charge in [0.25, 0.3) is 0 Å². The van der Waals surface area contributed by atoms with Crippen LogP contribution in [0.1, 0.15) is 32.3 Å². The highest BCUT2D eigenvalue weighted by atomic mass is 35.5. The van der Waals surface area contributed by atoms with E-state index >= 15 is 0 Å². The summed E-state index contributed by atoms with van der Waals surface area (Å²) in [6.45, 7) is 5.64. The summed E-state index contributed by atoms with van der Waals surface area (Å²) in [7, 11) is 0. The number of carbonyl (C=O) groups is 1. The summed E-state index contributed by atoms with van der Waals surface area (Å²) in [5.74, 6) is -0.274. The van der Waals surface area contributed by atoms with Gasteiger partial charge in [-0.05, 0) is 57.5 Å². The van der Waals surface area contributed by atoms with Crippen LogP contribution in [0.2, 0.25) is 0 Å². The van der Waals surface area contributed by atoms with Crippen LogP contribution in [0.5, 0.6) is 0 Å². The number of hydrogen-bond acceptors (Lipinski definition) is 2. The molecule has 1 aliphatic heterocycles. The largest absolute Gasteiger partial charge is 0.353 e. The summed E-state index contributed by atoms with van der Waals surface area (Å²) >= 11 is 0. The molecule has 112 valence electrons. The lowest BCUT2D eigenvalue weighted by Crippen LogP contribution is -2.48. The Morgan fingerprint density at radius 2 is 1.80 bits per heavy atom. The van der Waals surface area contributed by atoms with E-state index < -0.39 is 5.41 Å². The number of piperidine rings is 1. The maximum atomic E-state index is 12.9. The molecule has 1 aromatic carbocycles. The molecule has 3 nitrogen and oxygen atoms in total. The van der Waals surface area contributed by atoms with Crippen molar-refractivity contribution in [2.45, 2.75) is 38.1 Å². The molecular formula is C15H22ClFN2O. The van der Waals surface area contributed by atoms with Crippen LogP contribution in [0.15, 0.2) is 24.3 Å². The minimum atomic E-state index is -0.640. The molecule has 1 aromatic rings. The molecule has 20 heavy (non-hydrogen) atoms. The molecule has 1 heterocycles. The van der Waals surface area contributed by atoms with E-state index in [1.807, 2.05) is 13.8 Å². The Kier molecular flexibility index (Phi) is 5.96. The van der Waals surface area contributed by atoms with Gasteiger partial charge >= 0.3 is 0 Å². The van der Waals surface area contributed by atoms with Crippen molar-refractivity contribution < 1.29 is 9.18 Å². The SMILES string of the molecule is CC(C)(C(=O)NC1CCNCC1)c1ccc(F)cc1.Cl. The van der Waals surface area contributed by atoms with Gasteiger partial charge in [0.15, 0.2) is 0 Å². The molecule has 0 bridgehead atoms. The van der Waals surface area contributed by atoms with E-state index in [1.165, 1.54) is 12.1 Å². The van der Waals surface area contributed by atoms with Gasteiger partial charge in [-0.2, -0.15) is 0 Å². The van der Waals surface area contributed by atoms with Crippen LogP contribution in [0, 0.1) is 5.82 Å². The zero-order valence-electron chi connectivity index (χ0n) is 11.9. The van der Waals surface area contributed by atoms with E-state index in [2.05, 4.69) is 10.6 Å². The second kappa shape index (κ2) is 7.04. The lowest BCUT2D eigenvalue weighted by Gasteiger charge is -2.30. The van der Waals surface area contributed by atoms with Crippen molar-refractivity contribution >= 4 is 18.3 Å². The van der Waals surface area contributed by atoms with Gasteiger partial charge in [-0.15, -0.1) is 12.4 Å². The Morgan fingerprint density at radius 1 is 1.25 bits per heavy atom. The Labute approximate surface area is 125 Å². The first-order valence-electron chi connectivity index (χ1n) is 6.78. The van der Waals surface area contributed by atoms with Gasteiger partial charge in [0.05, 0.1) is 5.41 Å². The molecule has 2 rings (SSSR count). The van der Waals surface area contributed by atoms with Crippen molar-refractivity contribution in [3.8, 4) is 0 Å². The number of carbonyl (C=O) groups excluding carboxylic acids is 1. The van der Waals surface area contributed by atoms with Gasteiger partial charge in [-0.1, -0.05) is 12.1 Å². The van der Waals surface area contributed by atoms with E-state index in [4.69, 9.17) is 0 Å². The van der Waals surface area contributed by atoms with Crippen LogP contribution in [-0.4, -0.2) is 25.0 Å². The summed E-state index contributed by atoms with van der Waals surface area (Å²) in [4.78, 5) is 12.4. The molecule has 5 heteroatoms. The maximum Gasteiger partial charge on any atom is 0.230 e. The average Bonchev–Trinajstić information content (AvgIpc) is 2.40. The molecule has 1 aliphatic rings. The second-order valence-corrected chi connectivity index (χ2v) is 5.63. The molecule has 0 spiro atoms. The number of benzene rings is 1. The molecular weight excluding hydrogens is 279 g/mol. The normalized spacial score (nSPS) is 16.4. The Morgan fingerprint density at radius 3 is 2.35 bits per heavy atom. The lowest BCUT2D eigenvalue weighted by molar-refractivity contribution is -0.126. The van der Waals surface area contributed by atoms with Crippen LogP contribution in [0.4, 0.5) is 4.39 Å². The quantitative estimate of drug-likeness (QED) is 0.900. The van der Waals surface area contributed by atoms with E-state index in [1.54, 1.807) is 12.1 Å². The highest BCUT2D eigenvalue weighted by molar-refractivity contribution is 5.87. The highest BCUT2D eigenvalue weighted by Crippen LogP contribution is 2.24. The predicted molar refractivity (Wildman–Crippen MR) is 80.7 cm³/mol. The molecule has 0 unspecified atom stereocenters. The minimum absolute atomic E-state index is 0. The Balaban J connectivity index is 0.00000200.